The molecule has 37 valence electrons. The standard InChI is InChI=1S/Fe.H3O2PS2/c;1-3(2,4)5/h;(H3,1,2,4,5)/q+3;/p-3. The number of hydrogen-bond acceptors (Lipinski definition) is 4. The van der Waals surface area contributed by atoms with Gasteiger partial charge in [0.25, 0.3) is 0 Å². The van der Waals surface area contributed by atoms with Gasteiger partial charge in [-0.25, -0.2) is 0 Å². The van der Waals surface area contributed by atoms with Crippen LogP contribution in [0.1, 0.15) is 0 Å². The Morgan fingerprint density at radius 2 is 1.50 bits per heavy atom. The Kier molecular flexibility index (Phi) is 5.98. The van der Waals surface area contributed by atoms with E-state index < -0.39 is 5.69 Å². The molecule has 0 unspecified atom stereocenters. The molecule has 0 amide bonds. The van der Waals surface area contributed by atoms with Crippen molar-refractivity contribution in [1.29, 1.82) is 0 Å². The fourth-order valence-corrected chi connectivity index (χ4v) is 0. The van der Waals surface area contributed by atoms with Crippen molar-refractivity contribution < 1.29 is 26.9 Å². The van der Waals surface area contributed by atoms with Crippen LogP contribution >= 0.6 is 5.69 Å². The van der Waals surface area contributed by atoms with E-state index in [-0.39, 0.29) is 17.1 Å². The summed E-state index contributed by atoms with van der Waals surface area (Å²) in [6.45, 7) is 0. The van der Waals surface area contributed by atoms with E-state index in [0.29, 0.717) is 0 Å². The minimum Gasteiger partial charge on any atom is -0.850 e. The molecular weight excluding hydrogens is 183 g/mol. The van der Waals surface area contributed by atoms with Gasteiger partial charge >= 0.3 is 17.1 Å². The van der Waals surface area contributed by atoms with Gasteiger partial charge in [-0.2, -0.15) is 11.8 Å². The minimum absolute atomic E-state index is 0. The first kappa shape index (κ1) is 10.4. The van der Waals surface area contributed by atoms with Crippen LogP contribution in [0.4, 0.5) is 0 Å². The van der Waals surface area contributed by atoms with E-state index in [1.54, 1.807) is 0 Å². The number of hydrogen-bond donors (Lipinski definition) is 0. The zero-order valence-corrected chi connectivity index (χ0v) is 6.07. The molecule has 0 aromatic rings. The van der Waals surface area contributed by atoms with E-state index in [1.807, 2.05) is 0 Å². The molecule has 6 heteroatoms. The molecule has 0 N–H and O–H groups in total. The summed E-state index contributed by atoms with van der Waals surface area (Å²) in [4.78, 5) is 18.6. The molecule has 6 heavy (non-hydrogen) atoms. The zero-order chi connectivity index (χ0) is 4.50. The van der Waals surface area contributed by atoms with Crippen molar-refractivity contribution in [3.8, 4) is 0 Å². The molecule has 0 aliphatic carbocycles. The third-order valence-electron chi connectivity index (χ3n) is 0. The van der Waals surface area contributed by atoms with E-state index in [9.17, 15) is 9.79 Å². The molecule has 0 aromatic carbocycles. The van der Waals surface area contributed by atoms with Crippen molar-refractivity contribution in [3.05, 3.63) is 0 Å². The van der Waals surface area contributed by atoms with Crippen LogP contribution in [-0.4, -0.2) is 0 Å². The average Bonchev–Trinajstić information content (AvgIpc) is 0.722. The first-order valence-electron chi connectivity index (χ1n) is 0.730. The van der Waals surface area contributed by atoms with Crippen LogP contribution in [0.3, 0.4) is 0 Å². The van der Waals surface area contributed by atoms with Gasteiger partial charge in [0.1, 0.15) is 0 Å². The Morgan fingerprint density at radius 3 is 1.50 bits per heavy atom. The van der Waals surface area contributed by atoms with Crippen molar-refractivity contribution in [2.75, 3.05) is 0 Å². The summed E-state index contributed by atoms with van der Waals surface area (Å²) in [5.41, 5.74) is -3.72. The van der Waals surface area contributed by atoms with E-state index in [0.717, 1.165) is 0 Å². The molecule has 0 saturated carbocycles. The van der Waals surface area contributed by atoms with Crippen LogP contribution in [0.25, 0.3) is 0 Å². The molecule has 0 aliphatic heterocycles. The molecule has 1 radical (unpaired) electrons. The molecule has 2 nitrogen and oxygen atoms in total. The van der Waals surface area contributed by atoms with Crippen molar-refractivity contribution in [3.63, 3.8) is 0 Å². The third-order valence-corrected chi connectivity index (χ3v) is 0. The SMILES string of the molecule is [Fe+3].[O-]P([O-])(=S)[S-]. The van der Waals surface area contributed by atoms with Gasteiger partial charge in [0.2, 0.25) is 0 Å². The van der Waals surface area contributed by atoms with Gasteiger partial charge < -0.3 is 27.7 Å². The van der Waals surface area contributed by atoms with Crippen LogP contribution in [0.15, 0.2) is 0 Å². The molecule has 0 aromatic heterocycles. The molecule has 0 spiro atoms. The van der Waals surface area contributed by atoms with Crippen LogP contribution < -0.4 is 9.79 Å². The summed E-state index contributed by atoms with van der Waals surface area (Å²) in [6, 6.07) is 0. The fraction of sp³-hybridized carbons (Fsp3) is 0. The van der Waals surface area contributed by atoms with Crippen molar-refractivity contribution in [1.82, 2.24) is 0 Å². The maximum absolute atomic E-state index is 9.29. The maximum atomic E-state index is 9.29. The minimum atomic E-state index is -3.72. The van der Waals surface area contributed by atoms with Gasteiger partial charge in [0.05, 0.1) is 0 Å². The van der Waals surface area contributed by atoms with Gasteiger partial charge in [-0.15, -0.1) is 0 Å². The second kappa shape index (κ2) is 3.44. The smallest absolute Gasteiger partial charge is 0.850 e. The van der Waals surface area contributed by atoms with Crippen LogP contribution in [0, 0.1) is 0 Å². The molecule has 0 saturated heterocycles. The Labute approximate surface area is 56.8 Å². The van der Waals surface area contributed by atoms with E-state index in [4.69, 9.17) is 0 Å². The summed E-state index contributed by atoms with van der Waals surface area (Å²) >= 11 is 7.28. The predicted molar refractivity (Wildman–Crippen MR) is 21.6 cm³/mol. The van der Waals surface area contributed by atoms with Gasteiger partial charge in [-0.1, -0.05) is 0 Å². The second-order valence-corrected chi connectivity index (χ2v) is 4.92. The van der Waals surface area contributed by atoms with E-state index in [2.05, 4.69) is 24.1 Å². The zero-order valence-electron chi connectivity index (χ0n) is 2.43. The predicted octanol–water partition coefficient (Wildman–Crippen LogP) is -1.52. The van der Waals surface area contributed by atoms with Gasteiger partial charge in [-0.3, -0.25) is 0 Å². The van der Waals surface area contributed by atoms with Gasteiger partial charge in [0.15, 0.2) is 0 Å². The largest absolute Gasteiger partial charge is 3.00 e. The molecule has 0 heterocycles. The summed E-state index contributed by atoms with van der Waals surface area (Å²) < 4.78 is 0. The maximum Gasteiger partial charge on any atom is 3.00 e. The summed E-state index contributed by atoms with van der Waals surface area (Å²) in [7, 11) is 0. The molecule has 0 aliphatic rings. The summed E-state index contributed by atoms with van der Waals surface area (Å²) in [5.74, 6) is 0. The quantitative estimate of drug-likeness (QED) is 0.260. The topological polar surface area (TPSA) is 46.1 Å². The first-order chi connectivity index (χ1) is 2.00. The van der Waals surface area contributed by atoms with E-state index >= 15 is 0 Å². The molecule has 0 atom stereocenters. The van der Waals surface area contributed by atoms with Crippen molar-refractivity contribution in [2.24, 2.45) is 0 Å². The Balaban J connectivity index is 0. The van der Waals surface area contributed by atoms with Crippen molar-refractivity contribution in [2.45, 2.75) is 0 Å². The monoisotopic (exact) mass is 183 g/mol. The molecule has 0 bridgehead atoms. The molecule has 0 fully saturated rings. The first-order valence-corrected chi connectivity index (χ1v) is 4.38. The average molecular weight is 183 g/mol. The molecule has 0 rings (SSSR count). The van der Waals surface area contributed by atoms with Gasteiger partial charge in [-0.05, 0) is 0 Å². The summed E-state index contributed by atoms with van der Waals surface area (Å²) in [5, 5.41) is 0. The van der Waals surface area contributed by atoms with Crippen LogP contribution in [0.5, 0.6) is 0 Å². The van der Waals surface area contributed by atoms with Crippen molar-refractivity contribution >= 4 is 29.7 Å². The normalized spacial score (nSPS) is 9.83. The Hall–Kier alpha value is 1.44. The fourth-order valence-electron chi connectivity index (χ4n) is 0. The van der Waals surface area contributed by atoms with Gasteiger partial charge in [0, 0.05) is 0 Å². The Bertz CT molecular complexity index is 57.7. The Morgan fingerprint density at radius 1 is 1.50 bits per heavy atom. The summed E-state index contributed by atoms with van der Waals surface area (Å²) in [6.07, 6.45) is 0. The van der Waals surface area contributed by atoms with E-state index in [1.165, 1.54) is 0 Å². The van der Waals surface area contributed by atoms with Crippen LogP contribution in [-0.2, 0) is 41.1 Å². The van der Waals surface area contributed by atoms with Crippen LogP contribution in [0.2, 0.25) is 0 Å². The second-order valence-electron chi connectivity index (χ2n) is 0.447. The molecular formula is FeO2PS2. The number of rotatable bonds is 0. The third kappa shape index (κ3) is 51.7.